The minimum absolute atomic E-state index is 0.129. The lowest BCUT2D eigenvalue weighted by Crippen LogP contribution is -2.15. The molecule has 0 saturated heterocycles. The number of benzene rings is 2. The molecule has 0 radical (unpaired) electrons. The zero-order valence-corrected chi connectivity index (χ0v) is 13.4. The first-order chi connectivity index (χ1) is 11.6. The molecule has 1 amide bonds. The van der Waals surface area contributed by atoms with Gasteiger partial charge in [0.05, 0.1) is 6.42 Å². The van der Waals surface area contributed by atoms with Crippen LogP contribution >= 0.6 is 11.6 Å². The van der Waals surface area contributed by atoms with Crippen molar-refractivity contribution in [3.05, 3.63) is 58.7 Å². The molecule has 1 aromatic heterocycles. The summed E-state index contributed by atoms with van der Waals surface area (Å²) in [5, 5.41) is 2.99. The Kier molecular flexibility index (Phi) is 3.73. The monoisotopic (exact) mass is 344 g/mol. The van der Waals surface area contributed by atoms with Crippen molar-refractivity contribution in [3.8, 4) is 0 Å². The van der Waals surface area contributed by atoms with Gasteiger partial charge in [-0.05, 0) is 43.2 Å². The van der Waals surface area contributed by atoms with E-state index >= 15 is 0 Å². The van der Waals surface area contributed by atoms with Gasteiger partial charge in [0, 0.05) is 22.2 Å². The fourth-order valence-electron chi connectivity index (χ4n) is 2.59. The maximum atomic E-state index is 13.8. The van der Waals surface area contributed by atoms with Crippen molar-refractivity contribution in [2.45, 2.75) is 25.2 Å². The van der Waals surface area contributed by atoms with Gasteiger partial charge in [0.2, 0.25) is 5.91 Å². The first kappa shape index (κ1) is 15.1. The van der Waals surface area contributed by atoms with Crippen molar-refractivity contribution >= 4 is 34.3 Å². The summed E-state index contributed by atoms with van der Waals surface area (Å²) >= 11 is 5.95. The van der Waals surface area contributed by atoms with Crippen LogP contribution in [0.4, 0.5) is 10.1 Å². The van der Waals surface area contributed by atoms with Gasteiger partial charge >= 0.3 is 0 Å². The topological polar surface area (TPSA) is 55.1 Å². The molecule has 1 fully saturated rings. The third kappa shape index (κ3) is 2.99. The summed E-state index contributed by atoms with van der Waals surface area (Å²) in [6.07, 6.45) is 2.09. The Morgan fingerprint density at radius 2 is 2.17 bits per heavy atom. The lowest BCUT2D eigenvalue weighted by molar-refractivity contribution is -0.115. The third-order valence-corrected chi connectivity index (χ3v) is 4.37. The number of anilines is 1. The molecule has 6 heteroatoms. The Morgan fingerprint density at radius 3 is 2.92 bits per heavy atom. The molecule has 1 aliphatic rings. The largest absolute Gasteiger partial charge is 0.440 e. The highest BCUT2D eigenvalue weighted by atomic mass is 35.5. The lowest BCUT2D eigenvalue weighted by atomic mass is 10.1. The van der Waals surface area contributed by atoms with Gasteiger partial charge in [-0.1, -0.05) is 17.7 Å². The Hall–Kier alpha value is -2.40. The van der Waals surface area contributed by atoms with Crippen LogP contribution in [0.3, 0.4) is 0 Å². The second-order valence-electron chi connectivity index (χ2n) is 5.93. The van der Waals surface area contributed by atoms with Gasteiger partial charge in [-0.2, -0.15) is 0 Å². The minimum atomic E-state index is -0.487. The number of carbonyl (C=O) groups excluding carboxylic acids is 1. The molecule has 24 heavy (non-hydrogen) atoms. The molecule has 0 aliphatic heterocycles. The van der Waals surface area contributed by atoms with Crippen molar-refractivity contribution in [3.63, 3.8) is 0 Å². The maximum absolute atomic E-state index is 13.8. The molecule has 4 rings (SSSR count). The highest BCUT2D eigenvalue weighted by molar-refractivity contribution is 6.31. The van der Waals surface area contributed by atoms with Crippen molar-refractivity contribution in [2.24, 2.45) is 0 Å². The zero-order valence-electron chi connectivity index (χ0n) is 12.7. The maximum Gasteiger partial charge on any atom is 0.228 e. The quantitative estimate of drug-likeness (QED) is 0.747. The smallest absolute Gasteiger partial charge is 0.228 e. The van der Waals surface area contributed by atoms with Crippen molar-refractivity contribution in [1.82, 2.24) is 4.98 Å². The van der Waals surface area contributed by atoms with Crippen LogP contribution in [0.15, 0.2) is 40.8 Å². The van der Waals surface area contributed by atoms with Gasteiger partial charge in [0.25, 0.3) is 0 Å². The Bertz CT molecular complexity index is 914. The number of hydrogen-bond acceptors (Lipinski definition) is 3. The zero-order chi connectivity index (χ0) is 16.7. The van der Waals surface area contributed by atoms with E-state index in [4.69, 9.17) is 16.0 Å². The Labute approximate surface area is 142 Å². The molecular weight excluding hydrogens is 331 g/mol. The van der Waals surface area contributed by atoms with Crippen molar-refractivity contribution in [1.29, 1.82) is 0 Å². The van der Waals surface area contributed by atoms with E-state index in [1.807, 2.05) is 0 Å². The van der Waals surface area contributed by atoms with Crippen LogP contribution in [0.25, 0.3) is 11.1 Å². The van der Waals surface area contributed by atoms with Crippen LogP contribution in [-0.2, 0) is 11.2 Å². The number of amides is 1. The van der Waals surface area contributed by atoms with E-state index in [-0.39, 0.29) is 22.9 Å². The number of hydrogen-bond donors (Lipinski definition) is 1. The molecule has 122 valence electrons. The van der Waals surface area contributed by atoms with Crippen LogP contribution in [-0.4, -0.2) is 10.9 Å². The Morgan fingerprint density at radius 1 is 1.33 bits per heavy atom. The number of halogens is 2. The van der Waals surface area contributed by atoms with Crippen LogP contribution < -0.4 is 5.32 Å². The van der Waals surface area contributed by atoms with Crippen LogP contribution in [0.1, 0.15) is 30.2 Å². The van der Waals surface area contributed by atoms with E-state index in [2.05, 4.69) is 10.3 Å². The fourth-order valence-corrected chi connectivity index (χ4v) is 2.82. The molecule has 3 aromatic rings. The highest BCUT2D eigenvalue weighted by Crippen LogP contribution is 2.40. The van der Waals surface area contributed by atoms with Crippen LogP contribution in [0.5, 0.6) is 0 Å². The molecule has 2 aromatic carbocycles. The summed E-state index contributed by atoms with van der Waals surface area (Å²) in [6.45, 7) is 0. The standard InChI is InChI=1S/C18H14ClFN2O2/c19-13-2-1-3-14(20)12(13)9-17(23)21-11-6-7-16-15(8-11)22-18(24-16)10-4-5-10/h1-3,6-8,10H,4-5,9H2,(H,21,23). The molecule has 4 nitrogen and oxygen atoms in total. The minimum Gasteiger partial charge on any atom is -0.440 e. The average Bonchev–Trinajstić information content (AvgIpc) is 3.31. The van der Waals surface area contributed by atoms with Crippen LogP contribution in [0, 0.1) is 5.82 Å². The normalized spacial score (nSPS) is 14.1. The van der Waals surface area contributed by atoms with E-state index in [9.17, 15) is 9.18 Å². The first-order valence-corrected chi connectivity index (χ1v) is 8.11. The van der Waals surface area contributed by atoms with Crippen molar-refractivity contribution in [2.75, 3.05) is 5.32 Å². The predicted octanol–water partition coefficient (Wildman–Crippen LogP) is 4.68. The molecule has 1 aliphatic carbocycles. The molecule has 1 saturated carbocycles. The van der Waals surface area contributed by atoms with Crippen LogP contribution in [0.2, 0.25) is 5.02 Å². The fraction of sp³-hybridized carbons (Fsp3) is 0.222. The number of oxazole rings is 1. The van der Waals surface area contributed by atoms with Gasteiger partial charge in [0.15, 0.2) is 11.5 Å². The summed E-state index contributed by atoms with van der Waals surface area (Å²) in [5.41, 5.74) is 2.19. The van der Waals surface area contributed by atoms with E-state index in [1.54, 1.807) is 24.3 Å². The molecule has 0 bridgehead atoms. The van der Waals surface area contributed by atoms with Gasteiger partial charge in [-0.3, -0.25) is 4.79 Å². The molecule has 0 spiro atoms. The molecule has 1 heterocycles. The summed E-state index contributed by atoms with van der Waals surface area (Å²) < 4.78 is 19.4. The highest BCUT2D eigenvalue weighted by Gasteiger charge is 2.28. The lowest BCUT2D eigenvalue weighted by Gasteiger charge is -2.07. The molecule has 0 unspecified atom stereocenters. The molecule has 0 atom stereocenters. The predicted molar refractivity (Wildman–Crippen MR) is 89.7 cm³/mol. The first-order valence-electron chi connectivity index (χ1n) is 7.73. The Balaban J connectivity index is 1.51. The van der Waals surface area contributed by atoms with E-state index in [1.165, 1.54) is 12.1 Å². The third-order valence-electron chi connectivity index (χ3n) is 4.01. The SMILES string of the molecule is O=C(Cc1c(F)cccc1Cl)Nc1ccc2oc(C3CC3)nc2c1. The van der Waals surface area contributed by atoms with E-state index < -0.39 is 5.82 Å². The summed E-state index contributed by atoms with van der Waals surface area (Å²) in [4.78, 5) is 16.6. The van der Waals surface area contributed by atoms with Gasteiger partial charge in [0.1, 0.15) is 11.3 Å². The second-order valence-corrected chi connectivity index (χ2v) is 6.34. The molecular formula is C18H14ClFN2O2. The number of fused-ring (bicyclic) bond motifs is 1. The van der Waals surface area contributed by atoms with Gasteiger partial charge < -0.3 is 9.73 Å². The van der Waals surface area contributed by atoms with Gasteiger partial charge in [-0.25, -0.2) is 9.37 Å². The van der Waals surface area contributed by atoms with E-state index in [0.29, 0.717) is 22.7 Å². The van der Waals surface area contributed by atoms with Gasteiger partial charge in [-0.15, -0.1) is 0 Å². The number of rotatable bonds is 4. The summed E-state index contributed by atoms with van der Waals surface area (Å²) in [6, 6.07) is 9.63. The number of aromatic nitrogens is 1. The van der Waals surface area contributed by atoms with E-state index in [0.717, 1.165) is 18.7 Å². The number of carbonyl (C=O) groups is 1. The number of nitrogens with zero attached hydrogens (tertiary/aromatic N) is 1. The summed E-state index contributed by atoms with van der Waals surface area (Å²) in [5.74, 6) is 0.358. The second kappa shape index (κ2) is 5.91. The van der Waals surface area contributed by atoms with Crippen molar-refractivity contribution < 1.29 is 13.6 Å². The molecule has 1 N–H and O–H groups in total. The average molecular weight is 345 g/mol. The summed E-state index contributed by atoms with van der Waals surface area (Å²) in [7, 11) is 0. The number of nitrogens with one attached hydrogen (secondary N) is 1.